The summed E-state index contributed by atoms with van der Waals surface area (Å²) in [7, 11) is -4.55. The lowest BCUT2D eigenvalue weighted by atomic mass is 9.94. The summed E-state index contributed by atoms with van der Waals surface area (Å²) in [6.07, 6.45) is -3.63. The predicted octanol–water partition coefficient (Wildman–Crippen LogP) is 2.43. The molecule has 1 amide bonds. The largest absolute Gasteiger partial charge is 0.417 e. The molecule has 156 valence electrons. The Hall–Kier alpha value is -1.36. The van der Waals surface area contributed by atoms with E-state index in [-0.39, 0.29) is 19.0 Å². The van der Waals surface area contributed by atoms with Crippen molar-refractivity contribution in [2.45, 2.75) is 56.3 Å². The molecule has 0 bridgehead atoms. The van der Waals surface area contributed by atoms with Crippen molar-refractivity contribution < 1.29 is 26.4 Å². The molecule has 0 saturated carbocycles. The van der Waals surface area contributed by atoms with Crippen LogP contribution in [0.4, 0.5) is 13.2 Å². The first-order valence-electron chi connectivity index (χ1n) is 8.11. The molecule has 1 aromatic carbocycles. The molecule has 6 nitrogen and oxygen atoms in total. The number of carbonyl (C=O) groups is 1. The average molecular weight is 432 g/mol. The summed E-state index contributed by atoms with van der Waals surface area (Å²) in [6, 6.07) is 2.52. The summed E-state index contributed by atoms with van der Waals surface area (Å²) in [5.41, 5.74) is 4.13. The molecule has 27 heavy (non-hydrogen) atoms. The number of halogens is 4. The van der Waals surface area contributed by atoms with Crippen molar-refractivity contribution in [2.75, 3.05) is 6.54 Å². The molecule has 0 saturated heterocycles. The monoisotopic (exact) mass is 431 g/mol. The summed E-state index contributed by atoms with van der Waals surface area (Å²) in [4.78, 5) is 11.2. The maximum absolute atomic E-state index is 13.0. The summed E-state index contributed by atoms with van der Waals surface area (Å²) in [5.74, 6) is -0.671. The highest BCUT2D eigenvalue weighted by atomic mass is 35.5. The summed E-state index contributed by atoms with van der Waals surface area (Å²) < 4.78 is 65.7. The van der Waals surface area contributed by atoms with Gasteiger partial charge in [0.2, 0.25) is 15.9 Å². The molecule has 0 fully saturated rings. The lowest BCUT2D eigenvalue weighted by molar-refractivity contribution is -0.139. The second kappa shape index (κ2) is 9.72. The van der Waals surface area contributed by atoms with Crippen LogP contribution in [0.25, 0.3) is 0 Å². The normalized spacial score (nSPS) is 13.6. The van der Waals surface area contributed by atoms with E-state index in [0.29, 0.717) is 18.9 Å². The number of hydrogen-bond donors (Lipinski definition) is 3. The van der Waals surface area contributed by atoms with E-state index in [1.807, 2.05) is 18.6 Å². The second-order valence-corrected chi connectivity index (χ2v) is 7.81. The van der Waals surface area contributed by atoms with E-state index in [1.165, 1.54) is 13.0 Å². The van der Waals surface area contributed by atoms with Crippen LogP contribution in [0.3, 0.4) is 0 Å². The van der Waals surface area contributed by atoms with Crippen molar-refractivity contribution in [3.63, 3.8) is 0 Å². The standard InChI is InChI=1S/C16H24F3N3O3S.ClH/c1-4-15(20,5-2)10-21-14(23)11(3)22-26(24,25)13-9-7-6-8-12(13)16(17,18)19;/h6-9,11,22H,4-5,10,20H2,1-3H3,(H,21,23);1H. The highest BCUT2D eigenvalue weighted by Gasteiger charge is 2.37. The Kier molecular flexibility index (Phi) is 9.23. The third-order valence-electron chi connectivity index (χ3n) is 4.23. The van der Waals surface area contributed by atoms with Gasteiger partial charge in [-0.15, -0.1) is 12.4 Å². The molecule has 1 rings (SSSR count). The van der Waals surface area contributed by atoms with Crippen molar-refractivity contribution in [1.29, 1.82) is 0 Å². The van der Waals surface area contributed by atoms with Crippen LogP contribution < -0.4 is 15.8 Å². The third-order valence-corrected chi connectivity index (χ3v) is 5.83. The first-order chi connectivity index (χ1) is 11.9. The minimum absolute atomic E-state index is 0. The van der Waals surface area contributed by atoms with E-state index >= 15 is 0 Å². The van der Waals surface area contributed by atoms with E-state index in [4.69, 9.17) is 5.73 Å². The summed E-state index contributed by atoms with van der Waals surface area (Å²) >= 11 is 0. The maximum atomic E-state index is 13.0. The van der Waals surface area contributed by atoms with Crippen LogP contribution in [0.5, 0.6) is 0 Å². The fourth-order valence-corrected chi connectivity index (χ4v) is 3.63. The van der Waals surface area contributed by atoms with Gasteiger partial charge < -0.3 is 11.1 Å². The molecular formula is C16H25ClF3N3O3S. The molecule has 4 N–H and O–H groups in total. The van der Waals surface area contributed by atoms with Gasteiger partial charge in [-0.2, -0.15) is 17.9 Å². The topological polar surface area (TPSA) is 101 Å². The van der Waals surface area contributed by atoms with Gasteiger partial charge in [0.15, 0.2) is 0 Å². The van der Waals surface area contributed by atoms with E-state index in [9.17, 15) is 26.4 Å². The van der Waals surface area contributed by atoms with Gasteiger partial charge in [0, 0.05) is 12.1 Å². The van der Waals surface area contributed by atoms with Gasteiger partial charge in [0.05, 0.1) is 16.5 Å². The van der Waals surface area contributed by atoms with Gasteiger partial charge in [0.25, 0.3) is 0 Å². The van der Waals surface area contributed by atoms with Gasteiger partial charge in [-0.1, -0.05) is 26.0 Å². The van der Waals surface area contributed by atoms with Crippen molar-refractivity contribution >= 4 is 28.3 Å². The molecule has 0 radical (unpaired) electrons. The summed E-state index contributed by atoms with van der Waals surface area (Å²) in [6.45, 7) is 5.09. The fraction of sp³-hybridized carbons (Fsp3) is 0.562. The molecule has 0 aliphatic carbocycles. The van der Waals surface area contributed by atoms with Crippen molar-refractivity contribution in [3.05, 3.63) is 29.8 Å². The van der Waals surface area contributed by atoms with Crippen LogP contribution in [0.15, 0.2) is 29.2 Å². The molecule has 1 unspecified atom stereocenters. The molecule has 0 aliphatic rings. The zero-order chi connectivity index (χ0) is 20.2. The van der Waals surface area contributed by atoms with Gasteiger partial charge >= 0.3 is 6.18 Å². The molecule has 0 aromatic heterocycles. The molecular weight excluding hydrogens is 407 g/mol. The first kappa shape index (κ1) is 25.6. The first-order valence-corrected chi connectivity index (χ1v) is 9.59. The molecule has 0 spiro atoms. The zero-order valence-electron chi connectivity index (χ0n) is 15.3. The number of nitrogens with two attached hydrogens (primary N) is 1. The molecule has 0 heterocycles. The van der Waals surface area contributed by atoms with Crippen molar-refractivity contribution in [1.82, 2.24) is 10.0 Å². The number of benzene rings is 1. The quantitative estimate of drug-likeness (QED) is 0.588. The van der Waals surface area contributed by atoms with Gasteiger partial charge in [-0.05, 0) is 31.9 Å². The van der Waals surface area contributed by atoms with Crippen LogP contribution >= 0.6 is 12.4 Å². The molecule has 1 atom stereocenters. The van der Waals surface area contributed by atoms with Gasteiger partial charge in [-0.25, -0.2) is 8.42 Å². The Labute approximate surface area is 163 Å². The number of sulfonamides is 1. The molecule has 0 aliphatic heterocycles. The highest BCUT2D eigenvalue weighted by molar-refractivity contribution is 7.89. The Bertz CT molecular complexity index is 738. The van der Waals surface area contributed by atoms with Crippen LogP contribution in [0.1, 0.15) is 39.2 Å². The van der Waals surface area contributed by atoms with E-state index < -0.39 is 44.1 Å². The highest BCUT2D eigenvalue weighted by Crippen LogP contribution is 2.33. The minimum atomic E-state index is -4.84. The number of amides is 1. The Morgan fingerprint density at radius 3 is 2.19 bits per heavy atom. The Balaban J connectivity index is 0.00000676. The third kappa shape index (κ3) is 6.95. The van der Waals surface area contributed by atoms with Crippen LogP contribution in [-0.2, 0) is 21.0 Å². The van der Waals surface area contributed by atoms with Crippen LogP contribution in [-0.4, -0.2) is 32.5 Å². The fourth-order valence-electron chi connectivity index (χ4n) is 2.20. The lowest BCUT2D eigenvalue weighted by Crippen LogP contribution is -2.53. The Morgan fingerprint density at radius 2 is 1.70 bits per heavy atom. The van der Waals surface area contributed by atoms with Crippen molar-refractivity contribution in [2.24, 2.45) is 5.73 Å². The molecule has 11 heteroatoms. The minimum Gasteiger partial charge on any atom is -0.353 e. The number of rotatable bonds is 8. The zero-order valence-corrected chi connectivity index (χ0v) is 16.9. The summed E-state index contributed by atoms with van der Waals surface area (Å²) in [5, 5.41) is 2.53. The number of alkyl halides is 3. The van der Waals surface area contributed by atoms with Crippen molar-refractivity contribution in [3.8, 4) is 0 Å². The van der Waals surface area contributed by atoms with E-state index in [0.717, 1.165) is 12.1 Å². The second-order valence-electron chi connectivity index (χ2n) is 6.12. The van der Waals surface area contributed by atoms with Gasteiger partial charge in [-0.3, -0.25) is 4.79 Å². The predicted molar refractivity (Wildman–Crippen MR) is 99.0 cm³/mol. The number of nitrogens with one attached hydrogen (secondary N) is 2. The smallest absolute Gasteiger partial charge is 0.353 e. The van der Waals surface area contributed by atoms with E-state index in [2.05, 4.69) is 5.32 Å². The SMILES string of the molecule is CCC(N)(CC)CNC(=O)C(C)NS(=O)(=O)c1ccccc1C(F)(F)F.Cl. The van der Waals surface area contributed by atoms with Gasteiger partial charge in [0.1, 0.15) is 0 Å². The Morgan fingerprint density at radius 1 is 1.19 bits per heavy atom. The average Bonchev–Trinajstić information content (AvgIpc) is 2.58. The maximum Gasteiger partial charge on any atom is 0.417 e. The number of carbonyl (C=O) groups excluding carboxylic acids is 1. The molecule has 1 aromatic rings. The number of hydrogen-bond acceptors (Lipinski definition) is 4. The lowest BCUT2D eigenvalue weighted by Gasteiger charge is -2.27. The van der Waals surface area contributed by atoms with E-state index in [1.54, 1.807) is 0 Å². The van der Waals surface area contributed by atoms with Crippen LogP contribution in [0.2, 0.25) is 0 Å². The van der Waals surface area contributed by atoms with Crippen LogP contribution in [0, 0.1) is 0 Å².